The van der Waals surface area contributed by atoms with E-state index < -0.39 is 17.6 Å². The number of piperidine rings is 1. The predicted molar refractivity (Wildman–Crippen MR) is 167 cm³/mol. The van der Waals surface area contributed by atoms with E-state index in [-0.39, 0.29) is 24.3 Å². The summed E-state index contributed by atoms with van der Waals surface area (Å²) < 4.78 is 11.9. The van der Waals surface area contributed by atoms with Crippen molar-refractivity contribution >= 4 is 28.6 Å². The van der Waals surface area contributed by atoms with E-state index in [2.05, 4.69) is 34.5 Å². The number of fused-ring (bicyclic) bond motifs is 2. The lowest BCUT2D eigenvalue weighted by Gasteiger charge is -2.29. The van der Waals surface area contributed by atoms with Crippen molar-refractivity contribution in [1.29, 1.82) is 0 Å². The van der Waals surface area contributed by atoms with Crippen molar-refractivity contribution < 1.29 is 29.0 Å². The van der Waals surface area contributed by atoms with Crippen LogP contribution in [-0.2, 0) is 33.0 Å². The van der Waals surface area contributed by atoms with Crippen molar-refractivity contribution in [3.63, 3.8) is 0 Å². The maximum atomic E-state index is 13.0. The molecular weight excluding hydrogens is 572 g/mol. The molecule has 4 aliphatic heterocycles. The molecule has 0 spiro atoms. The molecule has 0 radical (unpaired) electrons. The Labute approximate surface area is 262 Å². The quantitative estimate of drug-likeness (QED) is 0.387. The Kier molecular flexibility index (Phi) is 7.83. The Balaban J connectivity index is 1.02. The summed E-state index contributed by atoms with van der Waals surface area (Å²) in [7, 11) is 0. The van der Waals surface area contributed by atoms with Gasteiger partial charge >= 0.3 is 0 Å². The highest BCUT2D eigenvalue weighted by Gasteiger charge is 2.39. The van der Waals surface area contributed by atoms with Gasteiger partial charge in [0.1, 0.15) is 17.9 Å². The smallest absolute Gasteiger partial charge is 0.255 e. The topological polar surface area (TPSA) is 121 Å². The molecule has 2 aromatic carbocycles. The predicted octanol–water partition coefficient (Wildman–Crippen LogP) is 3.77. The number of nitrogens with zero attached hydrogens (tertiary/aromatic N) is 3. The van der Waals surface area contributed by atoms with Crippen LogP contribution in [0, 0.1) is 0 Å². The van der Waals surface area contributed by atoms with Crippen LogP contribution < -0.4 is 10.1 Å². The number of likely N-dealkylation sites (tertiary alicyclic amines) is 1. The zero-order chi connectivity index (χ0) is 31.3. The van der Waals surface area contributed by atoms with Crippen LogP contribution in [-0.4, -0.2) is 76.1 Å². The second-order valence-electron chi connectivity index (χ2n) is 13.4. The molecule has 2 atom stereocenters. The van der Waals surface area contributed by atoms with Crippen molar-refractivity contribution in [2.45, 2.75) is 82.7 Å². The lowest BCUT2D eigenvalue weighted by atomic mass is 9.91. The Bertz CT molecular complexity index is 1660. The Morgan fingerprint density at radius 2 is 1.87 bits per heavy atom. The van der Waals surface area contributed by atoms with E-state index in [4.69, 9.17) is 14.5 Å². The van der Waals surface area contributed by atoms with Crippen molar-refractivity contribution in [2.24, 2.45) is 0 Å². The van der Waals surface area contributed by atoms with Crippen molar-refractivity contribution in [3.8, 4) is 5.75 Å². The second-order valence-corrected chi connectivity index (χ2v) is 13.4. The number of carbonyl (C=O) groups excluding carboxylic acids is 3. The fraction of sp³-hybridized carbons (Fsp3) is 0.486. The third kappa shape index (κ3) is 6.06. The van der Waals surface area contributed by atoms with Gasteiger partial charge in [0.05, 0.1) is 11.1 Å². The number of imide groups is 1. The number of pyridine rings is 1. The van der Waals surface area contributed by atoms with Crippen LogP contribution in [0.5, 0.6) is 5.75 Å². The molecule has 3 amide bonds. The second kappa shape index (κ2) is 11.8. The highest BCUT2D eigenvalue weighted by Crippen LogP contribution is 2.34. The number of amides is 3. The summed E-state index contributed by atoms with van der Waals surface area (Å²) in [6, 6.07) is 13.4. The zero-order valence-electron chi connectivity index (χ0n) is 25.9. The number of ether oxygens (including phenoxy) is 2. The summed E-state index contributed by atoms with van der Waals surface area (Å²) in [6.07, 6.45) is 3.39. The summed E-state index contributed by atoms with van der Waals surface area (Å²) in [4.78, 5) is 46.0. The van der Waals surface area contributed by atoms with Crippen LogP contribution in [0.25, 0.3) is 10.9 Å². The molecule has 0 aliphatic carbocycles. The summed E-state index contributed by atoms with van der Waals surface area (Å²) >= 11 is 0. The highest BCUT2D eigenvalue weighted by atomic mass is 16.5. The Hall–Kier alpha value is -3.86. The molecule has 4 aliphatic rings. The van der Waals surface area contributed by atoms with E-state index in [9.17, 15) is 19.5 Å². The third-order valence-corrected chi connectivity index (χ3v) is 9.61. The third-order valence-electron chi connectivity index (χ3n) is 9.61. The van der Waals surface area contributed by atoms with Gasteiger partial charge in [-0.3, -0.25) is 29.6 Å². The summed E-state index contributed by atoms with van der Waals surface area (Å²) in [5.74, 6) is 0.201. The van der Waals surface area contributed by atoms with Gasteiger partial charge in [0.15, 0.2) is 0 Å². The first-order valence-corrected chi connectivity index (χ1v) is 16.0. The number of hydrogen-bond donors (Lipinski definition) is 2. The first-order valence-electron chi connectivity index (χ1n) is 16.0. The largest absolute Gasteiger partial charge is 0.489 e. The Morgan fingerprint density at radius 1 is 1.04 bits per heavy atom. The van der Waals surface area contributed by atoms with Crippen LogP contribution in [0.3, 0.4) is 0 Å². The monoisotopic (exact) mass is 612 g/mol. The maximum Gasteiger partial charge on any atom is 0.255 e. The molecule has 1 aromatic heterocycles. The molecule has 2 N–H and O–H groups in total. The number of aromatic nitrogens is 1. The fourth-order valence-electron chi connectivity index (χ4n) is 7.20. The maximum absolute atomic E-state index is 13.0. The minimum Gasteiger partial charge on any atom is -0.489 e. The molecule has 3 aromatic rings. The normalized spacial score (nSPS) is 23.1. The van der Waals surface area contributed by atoms with Gasteiger partial charge in [-0.15, -0.1) is 0 Å². The Morgan fingerprint density at radius 3 is 2.64 bits per heavy atom. The van der Waals surface area contributed by atoms with Gasteiger partial charge in [-0.2, -0.15) is 0 Å². The molecule has 236 valence electrons. The van der Waals surface area contributed by atoms with E-state index in [1.807, 2.05) is 26.0 Å². The number of hydrogen-bond acceptors (Lipinski definition) is 8. The van der Waals surface area contributed by atoms with Gasteiger partial charge in [0.2, 0.25) is 11.8 Å². The number of rotatable bonds is 7. The standard InChI is InChI=1S/C35H40N4O6/c1-35(2,43)28-16-21(15-23-3-6-29(36-32(23)28)22-10-13-44-14-11-22)18-38-12-9-26(20-38)45-25-4-5-27-24(17-25)19-39(34(27)42)30-7-8-31(40)37-33(30)41/h3-6,15-17,22,26,30,43H,7-14,18-20H2,1-2H3,(H,37,40,41)/t26-,30-/m0/s1. The molecule has 10 heteroatoms. The number of carbonyl (C=O) groups is 3. The minimum atomic E-state index is -1.03. The summed E-state index contributed by atoms with van der Waals surface area (Å²) in [5, 5.41) is 14.5. The van der Waals surface area contributed by atoms with Crippen LogP contribution in [0.4, 0.5) is 0 Å². The molecule has 10 nitrogen and oxygen atoms in total. The molecule has 45 heavy (non-hydrogen) atoms. The van der Waals surface area contributed by atoms with Gasteiger partial charge in [-0.05, 0) is 87.1 Å². The molecule has 3 fully saturated rings. The van der Waals surface area contributed by atoms with E-state index in [1.165, 1.54) is 0 Å². The van der Waals surface area contributed by atoms with Crippen LogP contribution in [0.1, 0.15) is 84.6 Å². The summed E-state index contributed by atoms with van der Waals surface area (Å²) in [5.41, 5.74) is 4.29. The first kappa shape index (κ1) is 29.8. The number of nitrogens with one attached hydrogen (secondary N) is 1. The first-order chi connectivity index (χ1) is 21.6. The van der Waals surface area contributed by atoms with Crippen molar-refractivity contribution in [2.75, 3.05) is 26.3 Å². The van der Waals surface area contributed by atoms with Gasteiger partial charge in [0.25, 0.3) is 5.91 Å². The van der Waals surface area contributed by atoms with E-state index in [0.717, 1.165) is 85.4 Å². The van der Waals surface area contributed by atoms with E-state index >= 15 is 0 Å². The molecule has 3 saturated heterocycles. The van der Waals surface area contributed by atoms with Crippen molar-refractivity contribution in [1.82, 2.24) is 20.1 Å². The minimum absolute atomic E-state index is 0.00398. The van der Waals surface area contributed by atoms with Gasteiger partial charge in [0, 0.05) is 73.9 Å². The van der Waals surface area contributed by atoms with Crippen molar-refractivity contribution in [3.05, 3.63) is 70.4 Å². The molecule has 0 bridgehead atoms. The average molecular weight is 613 g/mol. The average Bonchev–Trinajstić information content (AvgIpc) is 3.59. The fourth-order valence-corrected chi connectivity index (χ4v) is 7.20. The lowest BCUT2D eigenvalue weighted by Crippen LogP contribution is -2.52. The van der Waals surface area contributed by atoms with E-state index in [1.54, 1.807) is 11.0 Å². The van der Waals surface area contributed by atoms with E-state index in [0.29, 0.717) is 30.2 Å². The van der Waals surface area contributed by atoms with Gasteiger partial charge in [-0.1, -0.05) is 6.07 Å². The molecule has 7 rings (SSSR count). The zero-order valence-corrected chi connectivity index (χ0v) is 25.9. The van der Waals surface area contributed by atoms with Crippen LogP contribution in [0.2, 0.25) is 0 Å². The van der Waals surface area contributed by atoms with Crippen LogP contribution in [0.15, 0.2) is 42.5 Å². The van der Waals surface area contributed by atoms with Gasteiger partial charge in [-0.25, -0.2) is 0 Å². The number of benzene rings is 2. The SMILES string of the molecule is CC(C)(O)c1cc(CN2CC[C@H](Oc3ccc4c(c3)CN([C@H]3CCC(=O)NC3=O)C4=O)C2)cc2ccc(C3CCOCC3)nc12. The molecule has 0 saturated carbocycles. The molecule has 0 unspecified atom stereocenters. The van der Waals surface area contributed by atoms with Gasteiger partial charge < -0.3 is 19.5 Å². The number of aliphatic hydroxyl groups is 1. The lowest BCUT2D eigenvalue weighted by molar-refractivity contribution is -0.136. The molecule has 5 heterocycles. The summed E-state index contributed by atoms with van der Waals surface area (Å²) in [6.45, 7) is 7.87. The molecular formula is C35H40N4O6. The highest BCUT2D eigenvalue weighted by molar-refractivity contribution is 6.05. The van der Waals surface area contributed by atoms with Crippen LogP contribution >= 0.6 is 0 Å².